The lowest BCUT2D eigenvalue weighted by Gasteiger charge is -2.11. The van der Waals surface area contributed by atoms with Gasteiger partial charge in [-0.05, 0) is 23.8 Å². The minimum absolute atomic E-state index is 0.0144. The molecule has 0 fully saturated rings. The average Bonchev–Trinajstić information content (AvgIpc) is 3.14. The summed E-state index contributed by atoms with van der Waals surface area (Å²) >= 11 is 0. The highest BCUT2D eigenvalue weighted by Gasteiger charge is 2.13. The Kier molecular flexibility index (Phi) is 5.84. The predicted octanol–water partition coefficient (Wildman–Crippen LogP) is 3.29. The van der Waals surface area contributed by atoms with E-state index < -0.39 is 4.92 Å². The van der Waals surface area contributed by atoms with E-state index in [-0.39, 0.29) is 11.6 Å². The van der Waals surface area contributed by atoms with Crippen molar-refractivity contribution in [3.05, 3.63) is 94.3 Å². The molecule has 0 aliphatic rings. The predicted molar refractivity (Wildman–Crippen MR) is 104 cm³/mol. The SMILES string of the molecule is O=C(NCCNc1ccccc1[N+](=O)[O-])c1cccn1Cc1ccccc1. The maximum Gasteiger partial charge on any atom is 0.292 e. The standard InChI is InChI=1S/C20H20N4O3/c25-20(19-11-6-14-23(19)15-16-7-2-1-3-8-16)22-13-12-21-17-9-4-5-10-18(17)24(26)27/h1-11,14,21H,12-13,15H2,(H,22,25). The Morgan fingerprint density at radius 3 is 2.48 bits per heavy atom. The number of nitro groups is 1. The molecule has 0 aliphatic heterocycles. The number of rotatable bonds is 8. The number of nitrogens with zero attached hydrogens (tertiary/aromatic N) is 2. The summed E-state index contributed by atoms with van der Waals surface area (Å²) in [6, 6.07) is 19.9. The van der Waals surface area contributed by atoms with Gasteiger partial charge in [0.25, 0.3) is 11.6 Å². The topological polar surface area (TPSA) is 89.2 Å². The van der Waals surface area contributed by atoms with Gasteiger partial charge in [0.05, 0.1) is 4.92 Å². The van der Waals surface area contributed by atoms with Crippen LogP contribution in [0, 0.1) is 10.1 Å². The second kappa shape index (κ2) is 8.66. The summed E-state index contributed by atoms with van der Waals surface area (Å²) in [6.45, 7) is 1.35. The molecular formula is C20H20N4O3. The number of hydrogen-bond acceptors (Lipinski definition) is 4. The fourth-order valence-electron chi connectivity index (χ4n) is 2.78. The Morgan fingerprint density at radius 2 is 1.70 bits per heavy atom. The van der Waals surface area contributed by atoms with E-state index in [1.807, 2.05) is 47.2 Å². The van der Waals surface area contributed by atoms with Crippen molar-refractivity contribution in [2.45, 2.75) is 6.54 Å². The minimum Gasteiger partial charge on any atom is -0.378 e. The van der Waals surface area contributed by atoms with E-state index in [4.69, 9.17) is 0 Å². The fourth-order valence-corrected chi connectivity index (χ4v) is 2.78. The Labute approximate surface area is 156 Å². The van der Waals surface area contributed by atoms with Gasteiger partial charge in [0.2, 0.25) is 0 Å². The van der Waals surface area contributed by atoms with Gasteiger partial charge in [-0.15, -0.1) is 0 Å². The van der Waals surface area contributed by atoms with Crippen LogP contribution >= 0.6 is 0 Å². The first kappa shape index (κ1) is 18.2. The number of amides is 1. The number of nitro benzene ring substituents is 1. The van der Waals surface area contributed by atoms with Crippen molar-refractivity contribution in [3.8, 4) is 0 Å². The molecule has 3 rings (SSSR count). The number of anilines is 1. The van der Waals surface area contributed by atoms with Crippen LogP contribution in [0.4, 0.5) is 11.4 Å². The van der Waals surface area contributed by atoms with Crippen LogP contribution in [-0.2, 0) is 6.54 Å². The zero-order valence-electron chi connectivity index (χ0n) is 14.7. The van der Waals surface area contributed by atoms with Crippen LogP contribution in [0.3, 0.4) is 0 Å². The summed E-state index contributed by atoms with van der Waals surface area (Å²) in [5.41, 5.74) is 2.13. The van der Waals surface area contributed by atoms with Crippen LogP contribution in [0.25, 0.3) is 0 Å². The monoisotopic (exact) mass is 364 g/mol. The zero-order chi connectivity index (χ0) is 19.1. The summed E-state index contributed by atoms with van der Waals surface area (Å²) in [7, 11) is 0. The highest BCUT2D eigenvalue weighted by molar-refractivity contribution is 5.92. The normalized spacial score (nSPS) is 10.4. The van der Waals surface area contributed by atoms with Gasteiger partial charge in [-0.25, -0.2) is 0 Å². The lowest BCUT2D eigenvalue weighted by Crippen LogP contribution is -2.30. The van der Waals surface area contributed by atoms with Crippen molar-refractivity contribution in [2.75, 3.05) is 18.4 Å². The number of carbonyl (C=O) groups excluding carboxylic acids is 1. The van der Waals surface area contributed by atoms with Gasteiger partial charge in [-0.1, -0.05) is 42.5 Å². The van der Waals surface area contributed by atoms with Crippen LogP contribution in [0.5, 0.6) is 0 Å². The second-order valence-electron chi connectivity index (χ2n) is 5.96. The van der Waals surface area contributed by atoms with Crippen LogP contribution in [0.15, 0.2) is 72.9 Å². The van der Waals surface area contributed by atoms with Crippen molar-refractivity contribution >= 4 is 17.3 Å². The van der Waals surface area contributed by atoms with Crippen molar-refractivity contribution in [3.63, 3.8) is 0 Å². The van der Waals surface area contributed by atoms with Crippen molar-refractivity contribution in [1.82, 2.24) is 9.88 Å². The van der Waals surface area contributed by atoms with Gasteiger partial charge in [-0.2, -0.15) is 0 Å². The van der Waals surface area contributed by atoms with Gasteiger partial charge in [0.1, 0.15) is 11.4 Å². The Hall–Kier alpha value is -3.61. The molecule has 0 radical (unpaired) electrons. The average molecular weight is 364 g/mol. The Morgan fingerprint density at radius 1 is 0.963 bits per heavy atom. The molecule has 1 heterocycles. The summed E-state index contributed by atoms with van der Waals surface area (Å²) in [5, 5.41) is 16.8. The summed E-state index contributed by atoms with van der Waals surface area (Å²) < 4.78 is 1.89. The molecule has 0 saturated heterocycles. The third-order valence-electron chi connectivity index (χ3n) is 4.08. The lowest BCUT2D eigenvalue weighted by molar-refractivity contribution is -0.384. The quantitative estimate of drug-likeness (QED) is 0.365. The number of carbonyl (C=O) groups is 1. The smallest absolute Gasteiger partial charge is 0.292 e. The zero-order valence-corrected chi connectivity index (χ0v) is 14.7. The van der Waals surface area contributed by atoms with E-state index in [1.54, 1.807) is 24.3 Å². The number of benzene rings is 2. The summed E-state index contributed by atoms with van der Waals surface area (Å²) in [5.74, 6) is -0.180. The lowest BCUT2D eigenvalue weighted by atomic mass is 10.2. The molecule has 1 amide bonds. The van der Waals surface area contributed by atoms with Crippen LogP contribution in [0.2, 0.25) is 0 Å². The molecule has 0 atom stereocenters. The molecule has 138 valence electrons. The fraction of sp³-hybridized carbons (Fsp3) is 0.150. The molecule has 27 heavy (non-hydrogen) atoms. The van der Waals surface area contributed by atoms with Crippen LogP contribution < -0.4 is 10.6 Å². The van der Waals surface area contributed by atoms with E-state index in [0.29, 0.717) is 31.0 Å². The maximum absolute atomic E-state index is 12.4. The number of hydrogen-bond donors (Lipinski definition) is 2. The van der Waals surface area contributed by atoms with Gasteiger partial charge in [0.15, 0.2) is 0 Å². The molecule has 7 heteroatoms. The Balaban J connectivity index is 1.54. The molecule has 7 nitrogen and oxygen atoms in total. The van der Waals surface area contributed by atoms with E-state index in [9.17, 15) is 14.9 Å². The van der Waals surface area contributed by atoms with Crippen LogP contribution in [0.1, 0.15) is 16.1 Å². The van der Waals surface area contributed by atoms with Gasteiger partial charge >= 0.3 is 0 Å². The van der Waals surface area contributed by atoms with E-state index >= 15 is 0 Å². The molecule has 0 saturated carbocycles. The van der Waals surface area contributed by atoms with Gasteiger partial charge < -0.3 is 15.2 Å². The molecule has 1 aromatic heterocycles. The highest BCUT2D eigenvalue weighted by atomic mass is 16.6. The number of para-hydroxylation sites is 2. The molecule has 0 bridgehead atoms. The summed E-state index contributed by atoms with van der Waals surface area (Å²) in [4.78, 5) is 23.0. The maximum atomic E-state index is 12.4. The van der Waals surface area contributed by atoms with E-state index in [2.05, 4.69) is 10.6 Å². The van der Waals surface area contributed by atoms with E-state index in [0.717, 1.165) is 5.56 Å². The molecule has 0 spiro atoms. The third-order valence-corrected chi connectivity index (χ3v) is 4.08. The third kappa shape index (κ3) is 4.72. The largest absolute Gasteiger partial charge is 0.378 e. The van der Waals surface area contributed by atoms with Crippen molar-refractivity contribution < 1.29 is 9.72 Å². The Bertz CT molecular complexity index is 922. The minimum atomic E-state index is -0.433. The van der Waals surface area contributed by atoms with Gasteiger partial charge in [0, 0.05) is 31.9 Å². The van der Waals surface area contributed by atoms with Crippen LogP contribution in [-0.4, -0.2) is 28.5 Å². The van der Waals surface area contributed by atoms with Crippen molar-refractivity contribution in [2.24, 2.45) is 0 Å². The molecule has 0 aliphatic carbocycles. The second-order valence-corrected chi connectivity index (χ2v) is 5.96. The van der Waals surface area contributed by atoms with E-state index in [1.165, 1.54) is 6.07 Å². The molecule has 2 N–H and O–H groups in total. The first-order chi connectivity index (χ1) is 13.1. The van der Waals surface area contributed by atoms with Crippen molar-refractivity contribution in [1.29, 1.82) is 0 Å². The highest BCUT2D eigenvalue weighted by Crippen LogP contribution is 2.22. The summed E-state index contributed by atoms with van der Waals surface area (Å²) in [6.07, 6.45) is 1.87. The molecule has 3 aromatic rings. The number of aromatic nitrogens is 1. The first-order valence-corrected chi connectivity index (χ1v) is 8.59. The molecule has 2 aromatic carbocycles. The number of nitrogens with one attached hydrogen (secondary N) is 2. The van der Waals surface area contributed by atoms with Gasteiger partial charge in [-0.3, -0.25) is 14.9 Å². The first-order valence-electron chi connectivity index (χ1n) is 8.59. The molecule has 0 unspecified atom stereocenters. The molecular weight excluding hydrogens is 344 g/mol.